The molecule has 5 heteroatoms. The molecule has 5 nitrogen and oxygen atoms in total. The smallest absolute Gasteiger partial charge is 0.193 e. The minimum absolute atomic E-state index is 0.373. The third kappa shape index (κ3) is 6.47. The van der Waals surface area contributed by atoms with E-state index in [2.05, 4.69) is 16.9 Å². The fraction of sp³-hybridized carbons (Fsp3) is 0.357. The predicted molar refractivity (Wildman–Crippen MR) is 78.7 cm³/mol. The second kappa shape index (κ2) is 8.99. The second-order valence-corrected chi connectivity index (χ2v) is 3.81. The van der Waals surface area contributed by atoms with E-state index in [1.54, 1.807) is 7.11 Å². The first-order valence-electron chi connectivity index (χ1n) is 6.16. The summed E-state index contributed by atoms with van der Waals surface area (Å²) < 4.78 is 10.4. The molecule has 0 radical (unpaired) electrons. The van der Waals surface area contributed by atoms with E-state index in [4.69, 9.17) is 15.2 Å². The predicted octanol–water partition coefficient (Wildman–Crippen LogP) is 2.01. The molecule has 1 aromatic carbocycles. The van der Waals surface area contributed by atoms with Crippen LogP contribution in [0.5, 0.6) is 5.75 Å². The number of nitrogens with zero attached hydrogens (tertiary/aromatic N) is 1. The SMILES string of the molecule is C=CCCOCCN=C(N)Nc1ccc(OC)cc1. The van der Waals surface area contributed by atoms with Crippen molar-refractivity contribution in [3.8, 4) is 5.75 Å². The number of anilines is 1. The number of nitrogens with one attached hydrogen (secondary N) is 1. The molecule has 0 fully saturated rings. The maximum Gasteiger partial charge on any atom is 0.193 e. The van der Waals surface area contributed by atoms with E-state index >= 15 is 0 Å². The van der Waals surface area contributed by atoms with Gasteiger partial charge in [0.1, 0.15) is 5.75 Å². The molecule has 0 spiro atoms. The Balaban J connectivity index is 2.28. The monoisotopic (exact) mass is 263 g/mol. The summed E-state index contributed by atoms with van der Waals surface area (Å²) in [6.07, 6.45) is 2.67. The lowest BCUT2D eigenvalue weighted by atomic mass is 10.3. The van der Waals surface area contributed by atoms with Gasteiger partial charge in [0.05, 0.1) is 26.9 Å². The molecule has 1 aromatic rings. The van der Waals surface area contributed by atoms with Gasteiger partial charge in [-0.25, -0.2) is 0 Å². The van der Waals surface area contributed by atoms with E-state index in [0.717, 1.165) is 17.9 Å². The van der Waals surface area contributed by atoms with Crippen molar-refractivity contribution in [2.24, 2.45) is 10.7 Å². The van der Waals surface area contributed by atoms with Crippen molar-refractivity contribution in [2.45, 2.75) is 6.42 Å². The van der Waals surface area contributed by atoms with Crippen LogP contribution in [0.3, 0.4) is 0 Å². The zero-order valence-corrected chi connectivity index (χ0v) is 11.3. The number of guanidine groups is 1. The van der Waals surface area contributed by atoms with Crippen molar-refractivity contribution in [1.82, 2.24) is 0 Å². The Bertz CT molecular complexity index is 402. The number of ether oxygens (including phenoxy) is 2. The molecule has 1 rings (SSSR count). The van der Waals surface area contributed by atoms with Gasteiger partial charge in [-0.15, -0.1) is 6.58 Å². The molecule has 3 N–H and O–H groups in total. The quantitative estimate of drug-likeness (QED) is 0.326. The molecule has 19 heavy (non-hydrogen) atoms. The molecule has 0 bridgehead atoms. The van der Waals surface area contributed by atoms with Crippen molar-refractivity contribution in [3.63, 3.8) is 0 Å². The number of rotatable bonds is 8. The molecular formula is C14H21N3O2. The Morgan fingerprint density at radius 3 is 2.74 bits per heavy atom. The first-order chi connectivity index (χ1) is 9.26. The average Bonchev–Trinajstić information content (AvgIpc) is 2.43. The minimum atomic E-state index is 0.373. The van der Waals surface area contributed by atoms with E-state index in [1.165, 1.54) is 0 Å². The minimum Gasteiger partial charge on any atom is -0.497 e. The fourth-order valence-electron chi connectivity index (χ4n) is 1.36. The third-order valence-corrected chi connectivity index (χ3v) is 2.35. The van der Waals surface area contributed by atoms with Crippen LogP contribution in [0.1, 0.15) is 6.42 Å². The van der Waals surface area contributed by atoms with Gasteiger partial charge in [-0.3, -0.25) is 4.99 Å². The third-order valence-electron chi connectivity index (χ3n) is 2.35. The van der Waals surface area contributed by atoms with Crippen LogP contribution in [-0.2, 0) is 4.74 Å². The number of aliphatic imine (C=N–C) groups is 1. The van der Waals surface area contributed by atoms with Crippen molar-refractivity contribution in [2.75, 3.05) is 32.2 Å². The number of benzene rings is 1. The second-order valence-electron chi connectivity index (χ2n) is 3.81. The van der Waals surface area contributed by atoms with Crippen LogP contribution in [-0.4, -0.2) is 32.8 Å². The van der Waals surface area contributed by atoms with Crippen LogP contribution in [0.4, 0.5) is 5.69 Å². The Morgan fingerprint density at radius 1 is 1.37 bits per heavy atom. The topological polar surface area (TPSA) is 68.9 Å². The molecule has 0 amide bonds. The summed E-state index contributed by atoms with van der Waals surface area (Å²) in [6.45, 7) is 5.38. The van der Waals surface area contributed by atoms with Gasteiger partial charge < -0.3 is 20.5 Å². The lowest BCUT2D eigenvalue weighted by Crippen LogP contribution is -2.23. The van der Waals surface area contributed by atoms with Gasteiger partial charge in [0.2, 0.25) is 0 Å². The van der Waals surface area contributed by atoms with Gasteiger partial charge >= 0.3 is 0 Å². The first kappa shape index (κ1) is 15.0. The van der Waals surface area contributed by atoms with Gasteiger partial charge in [0, 0.05) is 5.69 Å². The largest absolute Gasteiger partial charge is 0.497 e. The van der Waals surface area contributed by atoms with Gasteiger partial charge in [-0.1, -0.05) is 6.08 Å². The lowest BCUT2D eigenvalue weighted by Gasteiger charge is -2.06. The molecule has 0 aliphatic heterocycles. The number of hydrogen-bond donors (Lipinski definition) is 2. The standard InChI is InChI=1S/C14H21N3O2/c1-3-4-10-19-11-9-16-14(15)17-12-5-7-13(18-2)8-6-12/h3,5-8H,1,4,9-11H2,2H3,(H3,15,16,17). The zero-order chi connectivity index (χ0) is 13.9. The van der Waals surface area contributed by atoms with E-state index in [0.29, 0.717) is 25.7 Å². The van der Waals surface area contributed by atoms with Gasteiger partial charge in [-0.05, 0) is 30.7 Å². The fourth-order valence-corrected chi connectivity index (χ4v) is 1.36. The Kier molecular flexibility index (Phi) is 7.12. The van der Waals surface area contributed by atoms with E-state index in [9.17, 15) is 0 Å². The van der Waals surface area contributed by atoms with Crippen molar-refractivity contribution >= 4 is 11.6 Å². The highest BCUT2D eigenvalue weighted by atomic mass is 16.5. The van der Waals surface area contributed by atoms with Gasteiger partial charge in [0.25, 0.3) is 0 Å². The summed E-state index contributed by atoms with van der Waals surface area (Å²) in [7, 11) is 1.63. The molecule has 0 atom stereocenters. The highest BCUT2D eigenvalue weighted by Crippen LogP contribution is 2.14. The number of nitrogens with two attached hydrogens (primary N) is 1. The van der Waals surface area contributed by atoms with Gasteiger partial charge in [-0.2, -0.15) is 0 Å². The summed E-state index contributed by atoms with van der Waals surface area (Å²) in [5.74, 6) is 1.18. The molecule has 0 aromatic heterocycles. The van der Waals surface area contributed by atoms with Gasteiger partial charge in [0.15, 0.2) is 5.96 Å². The van der Waals surface area contributed by atoms with E-state index in [-0.39, 0.29) is 0 Å². The molecule has 104 valence electrons. The molecule has 0 heterocycles. The van der Waals surface area contributed by atoms with Crippen LogP contribution in [0.15, 0.2) is 41.9 Å². The van der Waals surface area contributed by atoms with Crippen LogP contribution >= 0.6 is 0 Å². The zero-order valence-electron chi connectivity index (χ0n) is 11.3. The molecule has 0 aliphatic carbocycles. The Hall–Kier alpha value is -2.01. The summed E-state index contributed by atoms with van der Waals surface area (Å²) in [6, 6.07) is 7.46. The normalized spacial score (nSPS) is 11.1. The highest BCUT2D eigenvalue weighted by Gasteiger charge is 1.96. The van der Waals surface area contributed by atoms with Crippen molar-refractivity contribution in [1.29, 1.82) is 0 Å². The van der Waals surface area contributed by atoms with Crippen molar-refractivity contribution < 1.29 is 9.47 Å². The van der Waals surface area contributed by atoms with E-state index < -0.39 is 0 Å². The highest BCUT2D eigenvalue weighted by molar-refractivity contribution is 5.92. The molecule has 0 aliphatic rings. The number of methoxy groups -OCH3 is 1. The Labute approximate surface area is 114 Å². The summed E-state index contributed by atoms with van der Waals surface area (Å²) in [4.78, 5) is 4.16. The van der Waals surface area contributed by atoms with Crippen LogP contribution < -0.4 is 15.8 Å². The molecule has 0 saturated carbocycles. The summed E-state index contributed by atoms with van der Waals surface area (Å²) >= 11 is 0. The van der Waals surface area contributed by atoms with E-state index in [1.807, 2.05) is 30.3 Å². The lowest BCUT2D eigenvalue weighted by molar-refractivity contribution is 0.146. The summed E-state index contributed by atoms with van der Waals surface area (Å²) in [5, 5.41) is 3.00. The maximum absolute atomic E-state index is 5.75. The molecule has 0 unspecified atom stereocenters. The first-order valence-corrected chi connectivity index (χ1v) is 6.16. The van der Waals surface area contributed by atoms with Crippen LogP contribution in [0.25, 0.3) is 0 Å². The Morgan fingerprint density at radius 2 is 2.11 bits per heavy atom. The average molecular weight is 263 g/mol. The molecular weight excluding hydrogens is 242 g/mol. The number of hydrogen-bond acceptors (Lipinski definition) is 3. The van der Waals surface area contributed by atoms with Crippen LogP contribution in [0, 0.1) is 0 Å². The maximum atomic E-state index is 5.75. The van der Waals surface area contributed by atoms with Crippen LogP contribution in [0.2, 0.25) is 0 Å². The molecule has 0 saturated heterocycles. The summed E-state index contributed by atoms with van der Waals surface area (Å²) in [5.41, 5.74) is 6.62. The van der Waals surface area contributed by atoms with Crippen molar-refractivity contribution in [3.05, 3.63) is 36.9 Å².